The van der Waals surface area contributed by atoms with Gasteiger partial charge in [0.1, 0.15) is 11.9 Å². The van der Waals surface area contributed by atoms with Crippen LogP contribution in [0.5, 0.6) is 5.75 Å². The van der Waals surface area contributed by atoms with Gasteiger partial charge in [-0.15, -0.1) is 0 Å². The summed E-state index contributed by atoms with van der Waals surface area (Å²) < 4.78 is 5.81. The zero-order valence-electron chi connectivity index (χ0n) is 10.3. The Kier molecular flexibility index (Phi) is 3.34. The van der Waals surface area contributed by atoms with Crippen molar-refractivity contribution >= 4 is 5.69 Å². The van der Waals surface area contributed by atoms with E-state index in [0.29, 0.717) is 0 Å². The fourth-order valence-corrected chi connectivity index (χ4v) is 2.01. The summed E-state index contributed by atoms with van der Waals surface area (Å²) in [5.41, 5.74) is 1.22. The molecule has 0 bridgehead atoms. The van der Waals surface area contributed by atoms with Crippen LogP contribution in [0.3, 0.4) is 0 Å². The van der Waals surface area contributed by atoms with Gasteiger partial charge in [0, 0.05) is 13.1 Å². The number of hydrogen-bond donors (Lipinski definition) is 0. The maximum Gasteiger partial charge on any atom is 0.143 e. The number of benzene rings is 1. The van der Waals surface area contributed by atoms with Crippen LogP contribution in [-0.4, -0.2) is 44.7 Å². The second kappa shape index (κ2) is 4.74. The third-order valence-corrected chi connectivity index (χ3v) is 2.83. The molecule has 1 aliphatic rings. The summed E-state index contributed by atoms with van der Waals surface area (Å²) in [4.78, 5) is 4.62. The van der Waals surface area contributed by atoms with Crippen LogP contribution in [0.4, 0.5) is 5.69 Å². The number of likely N-dealkylation sites (N-methyl/N-ethyl adjacent to an activating group) is 1. The second-order valence-electron chi connectivity index (χ2n) is 4.65. The first-order valence-corrected chi connectivity index (χ1v) is 5.82. The van der Waals surface area contributed by atoms with E-state index in [-0.39, 0.29) is 6.10 Å². The van der Waals surface area contributed by atoms with Crippen molar-refractivity contribution in [3.63, 3.8) is 0 Å². The minimum Gasteiger partial charge on any atom is -0.487 e. The Morgan fingerprint density at radius 1 is 1.38 bits per heavy atom. The lowest BCUT2D eigenvalue weighted by Gasteiger charge is -2.35. The van der Waals surface area contributed by atoms with Gasteiger partial charge >= 0.3 is 0 Å². The van der Waals surface area contributed by atoms with Crippen LogP contribution in [0.25, 0.3) is 0 Å². The van der Waals surface area contributed by atoms with Crippen LogP contribution in [0, 0.1) is 0 Å². The summed E-state index contributed by atoms with van der Waals surface area (Å²) in [6.07, 6.45) is 0.275. The van der Waals surface area contributed by atoms with E-state index in [1.807, 2.05) is 12.1 Å². The Morgan fingerprint density at radius 3 is 2.88 bits per heavy atom. The van der Waals surface area contributed by atoms with E-state index >= 15 is 0 Å². The molecule has 0 N–H and O–H groups in total. The maximum atomic E-state index is 5.81. The summed E-state index contributed by atoms with van der Waals surface area (Å²) in [6, 6.07) is 8.28. The van der Waals surface area contributed by atoms with Gasteiger partial charge in [-0.1, -0.05) is 12.1 Å². The van der Waals surface area contributed by atoms with Gasteiger partial charge in [-0.05, 0) is 33.2 Å². The number of nitrogens with zero attached hydrogens (tertiary/aromatic N) is 2. The lowest BCUT2D eigenvalue weighted by atomic mass is 10.2. The number of anilines is 1. The molecule has 88 valence electrons. The Morgan fingerprint density at radius 2 is 2.12 bits per heavy atom. The van der Waals surface area contributed by atoms with Gasteiger partial charge in [0.2, 0.25) is 0 Å². The highest BCUT2D eigenvalue weighted by atomic mass is 16.5. The van der Waals surface area contributed by atoms with Gasteiger partial charge in [0.05, 0.1) is 12.2 Å². The highest BCUT2D eigenvalue weighted by Gasteiger charge is 2.21. The molecule has 1 aromatic carbocycles. The Balaban J connectivity index is 2.13. The molecule has 0 spiro atoms. The van der Waals surface area contributed by atoms with Gasteiger partial charge < -0.3 is 14.5 Å². The largest absolute Gasteiger partial charge is 0.487 e. The molecule has 1 heterocycles. The van der Waals surface area contributed by atoms with Crippen molar-refractivity contribution in [2.75, 3.05) is 38.6 Å². The van der Waals surface area contributed by atoms with Crippen molar-refractivity contribution in [3.05, 3.63) is 24.3 Å². The van der Waals surface area contributed by atoms with E-state index in [2.05, 4.69) is 43.0 Å². The van der Waals surface area contributed by atoms with E-state index in [1.165, 1.54) is 5.69 Å². The predicted molar refractivity (Wildman–Crippen MR) is 67.3 cm³/mol. The van der Waals surface area contributed by atoms with E-state index < -0.39 is 0 Å². The molecule has 0 saturated heterocycles. The first-order chi connectivity index (χ1) is 7.66. The molecule has 1 aromatic rings. The van der Waals surface area contributed by atoms with Crippen molar-refractivity contribution in [3.8, 4) is 5.75 Å². The van der Waals surface area contributed by atoms with Crippen LogP contribution < -0.4 is 9.64 Å². The van der Waals surface area contributed by atoms with E-state index in [4.69, 9.17) is 4.74 Å². The van der Waals surface area contributed by atoms with E-state index in [1.54, 1.807) is 0 Å². The lowest BCUT2D eigenvalue weighted by molar-refractivity contribution is 0.211. The molecule has 0 fully saturated rings. The molecule has 16 heavy (non-hydrogen) atoms. The molecule has 0 radical (unpaired) electrons. The number of ether oxygens (including phenoxy) is 1. The fraction of sp³-hybridized carbons (Fsp3) is 0.538. The summed E-state index contributed by atoms with van der Waals surface area (Å²) in [6.45, 7) is 5.22. The normalized spacial score (nSPS) is 19.5. The topological polar surface area (TPSA) is 15.7 Å². The van der Waals surface area contributed by atoms with Crippen LogP contribution in [0.1, 0.15) is 6.92 Å². The van der Waals surface area contributed by atoms with Crippen LogP contribution in [0.15, 0.2) is 24.3 Å². The average Bonchev–Trinajstić information content (AvgIpc) is 2.25. The monoisotopic (exact) mass is 220 g/mol. The van der Waals surface area contributed by atoms with Gasteiger partial charge in [0.15, 0.2) is 0 Å². The average molecular weight is 220 g/mol. The number of hydrogen-bond acceptors (Lipinski definition) is 3. The number of fused-ring (bicyclic) bond motifs is 1. The van der Waals surface area contributed by atoms with Crippen molar-refractivity contribution in [1.82, 2.24) is 4.90 Å². The molecule has 1 aliphatic heterocycles. The molecular weight excluding hydrogens is 200 g/mol. The minimum absolute atomic E-state index is 0.275. The first-order valence-electron chi connectivity index (χ1n) is 5.82. The number of para-hydroxylation sites is 2. The van der Waals surface area contributed by atoms with Gasteiger partial charge in [-0.3, -0.25) is 0 Å². The van der Waals surface area contributed by atoms with Gasteiger partial charge in [-0.2, -0.15) is 0 Å². The SMILES string of the molecule is CC1CN(CCN(C)C)c2ccccc2O1. The molecular formula is C13H20N2O. The quantitative estimate of drug-likeness (QED) is 0.773. The standard InChI is InChI=1S/C13H20N2O/c1-11-10-15(9-8-14(2)3)12-6-4-5-7-13(12)16-11/h4-7,11H,8-10H2,1-3H3. The zero-order valence-corrected chi connectivity index (χ0v) is 10.3. The highest BCUT2D eigenvalue weighted by molar-refractivity contribution is 5.60. The summed E-state index contributed by atoms with van der Waals surface area (Å²) >= 11 is 0. The Hall–Kier alpha value is -1.22. The molecule has 0 aromatic heterocycles. The highest BCUT2D eigenvalue weighted by Crippen LogP contribution is 2.32. The number of rotatable bonds is 3. The molecule has 2 rings (SSSR count). The lowest BCUT2D eigenvalue weighted by Crippen LogP contribution is -2.41. The summed E-state index contributed by atoms with van der Waals surface area (Å²) in [5.74, 6) is 1.01. The Bertz CT molecular complexity index is 352. The van der Waals surface area contributed by atoms with Gasteiger partial charge in [-0.25, -0.2) is 0 Å². The molecule has 0 amide bonds. The third kappa shape index (κ3) is 2.47. The van der Waals surface area contributed by atoms with E-state index in [9.17, 15) is 0 Å². The van der Waals surface area contributed by atoms with Crippen LogP contribution >= 0.6 is 0 Å². The first kappa shape index (κ1) is 11.3. The van der Waals surface area contributed by atoms with Crippen molar-refractivity contribution in [2.45, 2.75) is 13.0 Å². The zero-order chi connectivity index (χ0) is 11.5. The molecule has 3 nitrogen and oxygen atoms in total. The smallest absolute Gasteiger partial charge is 0.143 e. The fourth-order valence-electron chi connectivity index (χ4n) is 2.01. The Labute approximate surface area is 97.6 Å². The molecule has 3 heteroatoms. The minimum atomic E-state index is 0.275. The second-order valence-corrected chi connectivity index (χ2v) is 4.65. The molecule has 0 saturated carbocycles. The van der Waals surface area contributed by atoms with Crippen LogP contribution in [0.2, 0.25) is 0 Å². The molecule has 1 atom stereocenters. The third-order valence-electron chi connectivity index (χ3n) is 2.83. The van der Waals surface area contributed by atoms with Gasteiger partial charge in [0.25, 0.3) is 0 Å². The summed E-state index contributed by atoms with van der Waals surface area (Å²) in [5, 5.41) is 0. The van der Waals surface area contributed by atoms with E-state index in [0.717, 1.165) is 25.4 Å². The van der Waals surface area contributed by atoms with Crippen molar-refractivity contribution < 1.29 is 4.74 Å². The molecule has 0 aliphatic carbocycles. The maximum absolute atomic E-state index is 5.81. The van der Waals surface area contributed by atoms with Crippen molar-refractivity contribution in [2.24, 2.45) is 0 Å². The van der Waals surface area contributed by atoms with Crippen molar-refractivity contribution in [1.29, 1.82) is 0 Å². The summed E-state index contributed by atoms with van der Waals surface area (Å²) in [7, 11) is 4.21. The van der Waals surface area contributed by atoms with Crippen LogP contribution in [-0.2, 0) is 0 Å². The molecule has 1 unspecified atom stereocenters. The predicted octanol–water partition coefficient (Wildman–Crippen LogP) is 1.84.